The van der Waals surface area contributed by atoms with Gasteiger partial charge in [-0.15, -0.1) is 10.2 Å². The fourth-order valence-electron chi connectivity index (χ4n) is 3.53. The van der Waals surface area contributed by atoms with Crippen molar-refractivity contribution in [3.63, 3.8) is 0 Å². The minimum Gasteiger partial charge on any atom is -0.313 e. The fraction of sp³-hybridized carbons (Fsp3) is 0.500. The number of hydrogen-bond acceptors (Lipinski definition) is 6. The second kappa shape index (κ2) is 6.12. The summed E-state index contributed by atoms with van der Waals surface area (Å²) in [4.78, 5) is 22.3. The van der Waals surface area contributed by atoms with E-state index in [1.165, 1.54) is 30.6 Å². The number of hydrogen-bond donors (Lipinski definition) is 1. The molecular weight excluding hydrogens is 348 g/mol. The summed E-state index contributed by atoms with van der Waals surface area (Å²) in [6.45, 7) is 2.84. The lowest BCUT2D eigenvalue weighted by atomic mass is 10.2. The normalized spacial score (nSPS) is 17.1. The second-order valence-corrected chi connectivity index (χ2v) is 8.16. The van der Waals surface area contributed by atoms with Crippen LogP contribution in [-0.4, -0.2) is 30.6 Å². The molecule has 134 valence electrons. The monoisotopic (exact) mass is 368 g/mol. The van der Waals surface area contributed by atoms with Crippen molar-refractivity contribution >= 4 is 33.5 Å². The third-order valence-electron chi connectivity index (χ3n) is 5.02. The van der Waals surface area contributed by atoms with Gasteiger partial charge in [0.05, 0.1) is 5.56 Å². The lowest BCUT2D eigenvalue weighted by molar-refractivity contribution is 0.102. The van der Waals surface area contributed by atoms with Crippen molar-refractivity contribution in [3.8, 4) is 0 Å². The topological polar surface area (TPSA) is 85.6 Å². The van der Waals surface area contributed by atoms with E-state index < -0.39 is 0 Å². The Balaban J connectivity index is 1.51. The van der Waals surface area contributed by atoms with E-state index in [4.69, 9.17) is 4.98 Å². The van der Waals surface area contributed by atoms with Crippen LogP contribution >= 0.6 is 11.3 Å². The molecule has 5 rings (SSSR count). The number of nitrogens with one attached hydrogen (secondary N) is 1. The maximum atomic E-state index is 12.9. The number of anilines is 1. The summed E-state index contributed by atoms with van der Waals surface area (Å²) in [5, 5.41) is 12.8. The number of pyridine rings is 1. The van der Waals surface area contributed by atoms with E-state index in [1.54, 1.807) is 0 Å². The predicted molar refractivity (Wildman–Crippen MR) is 99.7 cm³/mol. The van der Waals surface area contributed by atoms with E-state index >= 15 is 0 Å². The molecule has 1 N–H and O–H groups in total. The van der Waals surface area contributed by atoms with Gasteiger partial charge in [0.15, 0.2) is 5.65 Å². The molecule has 2 aliphatic rings. The van der Waals surface area contributed by atoms with Crippen LogP contribution in [0, 0.1) is 6.92 Å². The Morgan fingerprint density at radius 2 is 2.12 bits per heavy atom. The van der Waals surface area contributed by atoms with E-state index in [0.717, 1.165) is 48.0 Å². The minimum atomic E-state index is -0.188. The third-order valence-corrected chi connectivity index (χ3v) is 6.03. The number of nitrogens with zero attached hydrogens (tertiary/aromatic N) is 5. The molecule has 3 aromatic heterocycles. The highest BCUT2D eigenvalue weighted by atomic mass is 32.1. The molecule has 26 heavy (non-hydrogen) atoms. The van der Waals surface area contributed by atoms with Crippen LogP contribution < -0.4 is 5.32 Å². The Hall–Kier alpha value is -2.35. The predicted octanol–water partition coefficient (Wildman–Crippen LogP) is 3.45. The van der Waals surface area contributed by atoms with Crippen LogP contribution in [0.1, 0.15) is 64.9 Å². The van der Waals surface area contributed by atoms with Crippen molar-refractivity contribution in [3.05, 3.63) is 28.2 Å². The van der Waals surface area contributed by atoms with Crippen molar-refractivity contribution < 1.29 is 4.79 Å². The van der Waals surface area contributed by atoms with Gasteiger partial charge in [0.2, 0.25) is 5.13 Å². The summed E-state index contributed by atoms with van der Waals surface area (Å²) < 4.78 is 2.18. The van der Waals surface area contributed by atoms with E-state index in [9.17, 15) is 4.79 Å². The number of amides is 1. The highest BCUT2D eigenvalue weighted by Gasteiger charge is 2.28. The van der Waals surface area contributed by atoms with Crippen LogP contribution in [0.3, 0.4) is 0 Å². The average Bonchev–Trinajstić information content (AvgIpc) is 3.34. The lowest BCUT2D eigenvalue weighted by Crippen LogP contribution is -2.13. The van der Waals surface area contributed by atoms with Gasteiger partial charge in [-0.1, -0.05) is 17.8 Å². The molecule has 0 bridgehead atoms. The van der Waals surface area contributed by atoms with Gasteiger partial charge < -0.3 is 4.57 Å². The van der Waals surface area contributed by atoms with Crippen LogP contribution in [0.4, 0.5) is 5.13 Å². The summed E-state index contributed by atoms with van der Waals surface area (Å²) in [5.41, 5.74) is 2.90. The van der Waals surface area contributed by atoms with Crippen molar-refractivity contribution in [2.45, 2.75) is 57.9 Å². The number of rotatable bonds is 3. The van der Waals surface area contributed by atoms with E-state index in [-0.39, 0.29) is 5.91 Å². The van der Waals surface area contributed by atoms with Crippen LogP contribution in [-0.2, 0) is 13.0 Å². The third kappa shape index (κ3) is 2.78. The quantitative estimate of drug-likeness (QED) is 0.765. The minimum absolute atomic E-state index is 0.188. The van der Waals surface area contributed by atoms with Crippen LogP contribution in [0.2, 0.25) is 0 Å². The molecule has 0 unspecified atom stereocenters. The molecular formula is C18H20N6OS. The van der Waals surface area contributed by atoms with E-state index in [2.05, 4.69) is 25.1 Å². The lowest BCUT2D eigenvalue weighted by Gasteiger charge is -2.06. The summed E-state index contributed by atoms with van der Waals surface area (Å²) in [6, 6.07) is 1.81. The Kier molecular flexibility index (Phi) is 3.74. The molecule has 7 nitrogen and oxygen atoms in total. The van der Waals surface area contributed by atoms with Crippen molar-refractivity contribution in [1.29, 1.82) is 0 Å². The van der Waals surface area contributed by atoms with Crippen LogP contribution in [0.5, 0.6) is 0 Å². The van der Waals surface area contributed by atoms with Gasteiger partial charge in [-0.3, -0.25) is 10.1 Å². The van der Waals surface area contributed by atoms with Crippen molar-refractivity contribution in [1.82, 2.24) is 24.7 Å². The standard InChI is InChI=1S/C18H20N6OS/c1-10-9-12(16(25)21-18-23-22-17(26-18)11-6-7-11)14-15(19-10)24-8-4-2-3-5-13(24)20-14/h9,11H,2-8H2,1H3,(H,21,23,25). The molecule has 1 aliphatic heterocycles. The first-order valence-electron chi connectivity index (χ1n) is 9.20. The Morgan fingerprint density at radius 3 is 2.96 bits per heavy atom. The Labute approximate surface area is 154 Å². The van der Waals surface area contributed by atoms with Crippen molar-refractivity contribution in [2.24, 2.45) is 0 Å². The number of aryl methyl sites for hydroxylation is 3. The van der Waals surface area contributed by atoms with Gasteiger partial charge in [-0.05, 0) is 38.7 Å². The van der Waals surface area contributed by atoms with Gasteiger partial charge >= 0.3 is 0 Å². The zero-order valence-electron chi connectivity index (χ0n) is 14.7. The number of carbonyl (C=O) groups excluding carboxylic acids is 1. The summed E-state index contributed by atoms with van der Waals surface area (Å²) >= 11 is 1.47. The smallest absolute Gasteiger partial charge is 0.259 e. The Bertz CT molecular complexity index is 1000. The Morgan fingerprint density at radius 1 is 1.23 bits per heavy atom. The molecule has 0 aromatic carbocycles. The second-order valence-electron chi connectivity index (χ2n) is 7.15. The molecule has 3 aromatic rings. The molecule has 0 radical (unpaired) electrons. The van der Waals surface area contributed by atoms with E-state index in [0.29, 0.717) is 22.1 Å². The first-order valence-corrected chi connectivity index (χ1v) is 10.0. The van der Waals surface area contributed by atoms with Gasteiger partial charge in [-0.2, -0.15) is 0 Å². The van der Waals surface area contributed by atoms with Gasteiger partial charge in [0, 0.05) is 24.6 Å². The van der Waals surface area contributed by atoms with Gasteiger partial charge in [-0.25, -0.2) is 9.97 Å². The molecule has 0 saturated heterocycles. The van der Waals surface area contributed by atoms with Crippen LogP contribution in [0.25, 0.3) is 11.2 Å². The van der Waals surface area contributed by atoms with Crippen molar-refractivity contribution in [2.75, 3.05) is 5.32 Å². The molecule has 1 amide bonds. The molecule has 1 aliphatic carbocycles. The molecule has 8 heteroatoms. The maximum absolute atomic E-state index is 12.9. The fourth-order valence-corrected chi connectivity index (χ4v) is 4.44. The molecule has 0 atom stereocenters. The molecule has 4 heterocycles. The highest BCUT2D eigenvalue weighted by Crippen LogP contribution is 2.42. The molecule has 1 saturated carbocycles. The molecule has 0 spiro atoms. The maximum Gasteiger partial charge on any atom is 0.259 e. The van der Waals surface area contributed by atoms with Gasteiger partial charge in [0.1, 0.15) is 16.3 Å². The van der Waals surface area contributed by atoms with Crippen LogP contribution in [0.15, 0.2) is 6.07 Å². The first kappa shape index (κ1) is 15.9. The average molecular weight is 368 g/mol. The largest absolute Gasteiger partial charge is 0.313 e. The highest BCUT2D eigenvalue weighted by molar-refractivity contribution is 7.15. The summed E-state index contributed by atoms with van der Waals surface area (Å²) in [5.74, 6) is 1.39. The zero-order chi connectivity index (χ0) is 17.7. The number of imidazole rings is 1. The molecule has 1 fully saturated rings. The summed E-state index contributed by atoms with van der Waals surface area (Å²) in [6.07, 6.45) is 6.77. The van der Waals surface area contributed by atoms with E-state index in [1.807, 2.05) is 13.0 Å². The zero-order valence-corrected chi connectivity index (χ0v) is 15.5. The number of fused-ring (bicyclic) bond motifs is 3. The SMILES string of the molecule is Cc1cc(C(=O)Nc2nnc(C3CC3)s2)c2nc3n(c2n1)CCCCC3. The number of aromatic nitrogens is 5. The van der Waals surface area contributed by atoms with Gasteiger partial charge in [0.25, 0.3) is 5.91 Å². The summed E-state index contributed by atoms with van der Waals surface area (Å²) in [7, 11) is 0. The number of carbonyl (C=O) groups is 1. The first-order chi connectivity index (χ1) is 12.7.